The van der Waals surface area contributed by atoms with Crippen molar-refractivity contribution in [2.24, 2.45) is 0 Å². The molecule has 3 aromatic rings. The standard InChI is InChI=1S/C21H18N2O3/c1-15-9-11-17(12-10-15)22-20(24)18(14-16-6-3-2-4-7-16)23-21(25)19-8-5-13-26-19/h2-14H,1H3,(H,22,24)(H,23,25)/b18-14-. The van der Waals surface area contributed by atoms with Gasteiger partial charge in [0.15, 0.2) is 5.76 Å². The second-order valence-corrected chi connectivity index (χ2v) is 5.72. The summed E-state index contributed by atoms with van der Waals surface area (Å²) in [5.41, 5.74) is 2.65. The smallest absolute Gasteiger partial charge is 0.291 e. The summed E-state index contributed by atoms with van der Waals surface area (Å²) in [6.45, 7) is 1.97. The molecule has 5 nitrogen and oxygen atoms in total. The number of carbonyl (C=O) groups is 2. The van der Waals surface area contributed by atoms with Crippen molar-refractivity contribution in [2.45, 2.75) is 6.92 Å². The van der Waals surface area contributed by atoms with E-state index in [4.69, 9.17) is 4.42 Å². The Labute approximate surface area is 151 Å². The van der Waals surface area contributed by atoms with Gasteiger partial charge in [0.1, 0.15) is 5.70 Å². The summed E-state index contributed by atoms with van der Waals surface area (Å²) in [6.07, 6.45) is 3.02. The molecule has 0 unspecified atom stereocenters. The molecule has 0 bridgehead atoms. The molecule has 1 aromatic heterocycles. The first-order valence-electron chi connectivity index (χ1n) is 8.11. The van der Waals surface area contributed by atoms with Crippen molar-refractivity contribution in [1.29, 1.82) is 0 Å². The molecule has 0 atom stereocenters. The predicted octanol–water partition coefficient (Wildman–Crippen LogP) is 4.00. The highest BCUT2D eigenvalue weighted by Crippen LogP contribution is 2.12. The topological polar surface area (TPSA) is 71.3 Å². The SMILES string of the molecule is Cc1ccc(NC(=O)/C(=C/c2ccccc2)NC(=O)c2ccco2)cc1. The van der Waals surface area contributed by atoms with E-state index in [-0.39, 0.29) is 11.5 Å². The molecular formula is C21H18N2O3. The Morgan fingerprint density at radius 2 is 1.65 bits per heavy atom. The number of hydrogen-bond donors (Lipinski definition) is 2. The summed E-state index contributed by atoms with van der Waals surface area (Å²) < 4.78 is 5.09. The maximum atomic E-state index is 12.7. The lowest BCUT2D eigenvalue weighted by molar-refractivity contribution is -0.113. The number of anilines is 1. The molecule has 0 spiro atoms. The summed E-state index contributed by atoms with van der Waals surface area (Å²) in [4.78, 5) is 25.0. The minimum absolute atomic E-state index is 0.123. The number of amides is 2. The van der Waals surface area contributed by atoms with E-state index in [1.54, 1.807) is 12.1 Å². The van der Waals surface area contributed by atoms with Crippen LogP contribution < -0.4 is 10.6 Å². The number of furan rings is 1. The van der Waals surface area contributed by atoms with Gasteiger partial charge in [-0.2, -0.15) is 0 Å². The van der Waals surface area contributed by atoms with E-state index in [0.717, 1.165) is 11.1 Å². The molecule has 2 amide bonds. The van der Waals surface area contributed by atoms with Crippen LogP contribution in [0.1, 0.15) is 21.7 Å². The first-order valence-corrected chi connectivity index (χ1v) is 8.11. The van der Waals surface area contributed by atoms with E-state index in [9.17, 15) is 9.59 Å². The summed E-state index contributed by atoms with van der Waals surface area (Å²) in [5.74, 6) is -0.777. The van der Waals surface area contributed by atoms with Crippen molar-refractivity contribution in [2.75, 3.05) is 5.32 Å². The molecule has 0 fully saturated rings. The minimum Gasteiger partial charge on any atom is -0.459 e. The first-order chi connectivity index (χ1) is 12.6. The molecule has 2 N–H and O–H groups in total. The molecule has 0 saturated carbocycles. The monoisotopic (exact) mass is 346 g/mol. The van der Waals surface area contributed by atoms with Crippen LogP contribution in [0.2, 0.25) is 0 Å². The minimum atomic E-state index is -0.490. The molecule has 3 rings (SSSR count). The lowest BCUT2D eigenvalue weighted by Gasteiger charge is -2.10. The Morgan fingerprint density at radius 1 is 0.923 bits per heavy atom. The molecular weight excluding hydrogens is 328 g/mol. The Hall–Kier alpha value is -3.60. The van der Waals surface area contributed by atoms with E-state index >= 15 is 0 Å². The van der Waals surface area contributed by atoms with Gasteiger partial charge in [-0.1, -0.05) is 48.0 Å². The normalized spacial score (nSPS) is 11.0. The van der Waals surface area contributed by atoms with Gasteiger partial charge in [0.05, 0.1) is 6.26 Å². The van der Waals surface area contributed by atoms with Crippen LogP contribution in [0.4, 0.5) is 5.69 Å². The molecule has 0 radical (unpaired) electrons. The Bertz CT molecular complexity index is 912. The number of rotatable bonds is 5. The highest BCUT2D eigenvalue weighted by molar-refractivity contribution is 6.10. The van der Waals surface area contributed by atoms with Gasteiger partial charge in [-0.15, -0.1) is 0 Å². The third-order valence-corrected chi connectivity index (χ3v) is 3.66. The molecule has 1 heterocycles. The molecule has 0 aliphatic carbocycles. The van der Waals surface area contributed by atoms with Crippen molar-refractivity contribution in [3.05, 3.63) is 95.6 Å². The maximum Gasteiger partial charge on any atom is 0.291 e. The molecule has 26 heavy (non-hydrogen) atoms. The van der Waals surface area contributed by atoms with E-state index in [0.29, 0.717) is 5.69 Å². The van der Waals surface area contributed by atoms with Crippen LogP contribution in [-0.4, -0.2) is 11.8 Å². The zero-order valence-electron chi connectivity index (χ0n) is 14.2. The average Bonchev–Trinajstić information content (AvgIpc) is 3.19. The van der Waals surface area contributed by atoms with E-state index < -0.39 is 11.8 Å². The number of benzene rings is 2. The number of nitrogens with one attached hydrogen (secondary N) is 2. The fourth-order valence-electron chi connectivity index (χ4n) is 2.30. The molecule has 0 aliphatic rings. The van der Waals surface area contributed by atoms with Crippen LogP contribution in [0.25, 0.3) is 6.08 Å². The molecule has 5 heteroatoms. The number of aryl methyl sites for hydroxylation is 1. The van der Waals surface area contributed by atoms with E-state index in [2.05, 4.69) is 10.6 Å². The number of carbonyl (C=O) groups excluding carboxylic acids is 2. The van der Waals surface area contributed by atoms with Crippen molar-refractivity contribution >= 4 is 23.6 Å². The number of hydrogen-bond acceptors (Lipinski definition) is 3. The molecule has 2 aromatic carbocycles. The molecule has 0 saturated heterocycles. The van der Waals surface area contributed by atoms with Crippen LogP contribution in [0.3, 0.4) is 0 Å². The van der Waals surface area contributed by atoms with Gasteiger partial charge >= 0.3 is 0 Å². The quantitative estimate of drug-likeness (QED) is 0.686. The first kappa shape index (κ1) is 17.2. The zero-order valence-corrected chi connectivity index (χ0v) is 14.2. The second-order valence-electron chi connectivity index (χ2n) is 5.72. The highest BCUT2D eigenvalue weighted by Gasteiger charge is 2.16. The van der Waals surface area contributed by atoms with E-state index in [1.165, 1.54) is 12.3 Å². The van der Waals surface area contributed by atoms with E-state index in [1.807, 2.05) is 61.5 Å². The summed E-state index contributed by atoms with van der Waals surface area (Å²) >= 11 is 0. The predicted molar refractivity (Wildman–Crippen MR) is 100 cm³/mol. The lowest BCUT2D eigenvalue weighted by Crippen LogP contribution is -2.30. The van der Waals surface area contributed by atoms with Crippen LogP contribution in [0.15, 0.2) is 83.1 Å². The highest BCUT2D eigenvalue weighted by atomic mass is 16.3. The lowest BCUT2D eigenvalue weighted by atomic mass is 10.1. The van der Waals surface area contributed by atoms with Gasteiger partial charge in [-0.05, 0) is 42.8 Å². The Kier molecular flexibility index (Phi) is 5.29. The van der Waals surface area contributed by atoms with Crippen LogP contribution in [0.5, 0.6) is 0 Å². The molecule has 130 valence electrons. The van der Waals surface area contributed by atoms with Crippen molar-refractivity contribution in [3.63, 3.8) is 0 Å². The van der Waals surface area contributed by atoms with Gasteiger partial charge in [0, 0.05) is 5.69 Å². The second kappa shape index (κ2) is 7.98. The van der Waals surface area contributed by atoms with Gasteiger partial charge in [-0.3, -0.25) is 9.59 Å². The van der Waals surface area contributed by atoms with Crippen LogP contribution in [-0.2, 0) is 4.79 Å². The summed E-state index contributed by atoms with van der Waals surface area (Å²) in [7, 11) is 0. The third-order valence-electron chi connectivity index (χ3n) is 3.66. The van der Waals surface area contributed by atoms with Gasteiger partial charge in [0.2, 0.25) is 0 Å². The van der Waals surface area contributed by atoms with Crippen molar-refractivity contribution in [1.82, 2.24) is 5.32 Å². The van der Waals surface area contributed by atoms with Gasteiger partial charge in [-0.25, -0.2) is 0 Å². The van der Waals surface area contributed by atoms with Crippen molar-refractivity contribution < 1.29 is 14.0 Å². The zero-order chi connectivity index (χ0) is 18.4. The Morgan fingerprint density at radius 3 is 2.31 bits per heavy atom. The van der Waals surface area contributed by atoms with Crippen molar-refractivity contribution in [3.8, 4) is 0 Å². The molecule has 0 aliphatic heterocycles. The summed E-state index contributed by atoms with van der Waals surface area (Å²) in [5, 5.41) is 5.40. The Balaban J connectivity index is 1.84. The fourth-order valence-corrected chi connectivity index (χ4v) is 2.30. The van der Waals surface area contributed by atoms with Gasteiger partial charge in [0.25, 0.3) is 11.8 Å². The van der Waals surface area contributed by atoms with Crippen LogP contribution in [0, 0.1) is 6.92 Å². The van der Waals surface area contributed by atoms with Gasteiger partial charge < -0.3 is 15.1 Å². The largest absolute Gasteiger partial charge is 0.459 e. The average molecular weight is 346 g/mol. The summed E-state index contributed by atoms with van der Waals surface area (Å²) in [6, 6.07) is 19.8. The fraction of sp³-hybridized carbons (Fsp3) is 0.0476. The maximum absolute atomic E-state index is 12.7. The third kappa shape index (κ3) is 4.48. The van der Waals surface area contributed by atoms with Crippen LogP contribution >= 0.6 is 0 Å².